The SMILES string of the molecule is COc1ccc(OC)c(NC(=O)C2=C(C)NC(=O)NC2c2cccc3ccccc23)c1. The van der Waals surface area contributed by atoms with E-state index in [0.717, 1.165) is 16.3 Å². The second kappa shape index (κ2) is 8.39. The van der Waals surface area contributed by atoms with Gasteiger partial charge in [-0.2, -0.15) is 0 Å². The molecule has 0 bridgehead atoms. The molecule has 0 radical (unpaired) electrons. The Morgan fingerprint density at radius 2 is 1.77 bits per heavy atom. The summed E-state index contributed by atoms with van der Waals surface area (Å²) in [7, 11) is 3.08. The topological polar surface area (TPSA) is 88.7 Å². The molecule has 3 amide bonds. The molecule has 0 aliphatic carbocycles. The molecule has 31 heavy (non-hydrogen) atoms. The molecule has 1 unspecified atom stereocenters. The average molecular weight is 417 g/mol. The van der Waals surface area contributed by atoms with E-state index in [4.69, 9.17) is 9.47 Å². The summed E-state index contributed by atoms with van der Waals surface area (Å²) in [4.78, 5) is 25.7. The fourth-order valence-corrected chi connectivity index (χ4v) is 3.83. The van der Waals surface area contributed by atoms with Crippen molar-refractivity contribution in [1.82, 2.24) is 10.6 Å². The Morgan fingerprint density at radius 3 is 2.55 bits per heavy atom. The molecule has 4 rings (SSSR count). The maximum atomic E-state index is 13.4. The normalized spacial score (nSPS) is 15.8. The van der Waals surface area contributed by atoms with Crippen LogP contribution in [0.15, 0.2) is 71.9 Å². The van der Waals surface area contributed by atoms with Gasteiger partial charge in [0.15, 0.2) is 0 Å². The fourth-order valence-electron chi connectivity index (χ4n) is 3.83. The summed E-state index contributed by atoms with van der Waals surface area (Å²) in [5.41, 5.74) is 2.22. The molecule has 0 spiro atoms. The first-order chi connectivity index (χ1) is 15.0. The number of amides is 3. The standard InChI is InChI=1S/C24H23N3O4/c1-14-21(23(28)26-19-13-16(30-2)11-12-20(19)31-3)22(27-24(29)25-14)18-10-6-8-15-7-4-5-9-17(15)18/h4-13,22H,1-3H3,(H,26,28)(H2,25,27,29). The van der Waals surface area contributed by atoms with E-state index in [-0.39, 0.29) is 11.9 Å². The quantitative estimate of drug-likeness (QED) is 0.583. The number of rotatable bonds is 5. The smallest absolute Gasteiger partial charge is 0.319 e. The van der Waals surface area contributed by atoms with Gasteiger partial charge in [-0.15, -0.1) is 0 Å². The van der Waals surface area contributed by atoms with Gasteiger partial charge < -0.3 is 25.4 Å². The first-order valence-electron chi connectivity index (χ1n) is 9.81. The van der Waals surface area contributed by atoms with Crippen LogP contribution in [0.3, 0.4) is 0 Å². The summed E-state index contributed by atoms with van der Waals surface area (Å²) in [5.74, 6) is 0.735. The number of carbonyl (C=O) groups excluding carboxylic acids is 2. The number of hydrogen-bond acceptors (Lipinski definition) is 4. The van der Waals surface area contributed by atoms with Gasteiger partial charge in [0.05, 0.1) is 31.5 Å². The van der Waals surface area contributed by atoms with E-state index >= 15 is 0 Å². The summed E-state index contributed by atoms with van der Waals surface area (Å²) >= 11 is 0. The summed E-state index contributed by atoms with van der Waals surface area (Å²) in [6, 6.07) is 17.9. The summed E-state index contributed by atoms with van der Waals surface area (Å²) < 4.78 is 10.6. The lowest BCUT2D eigenvalue weighted by atomic mass is 9.91. The third-order valence-corrected chi connectivity index (χ3v) is 5.30. The van der Waals surface area contributed by atoms with Crippen molar-refractivity contribution >= 4 is 28.4 Å². The number of carbonyl (C=O) groups is 2. The lowest BCUT2D eigenvalue weighted by Crippen LogP contribution is -2.46. The fraction of sp³-hybridized carbons (Fsp3) is 0.167. The molecular formula is C24H23N3O4. The summed E-state index contributed by atoms with van der Waals surface area (Å²) in [6.45, 7) is 1.72. The van der Waals surface area contributed by atoms with Crippen molar-refractivity contribution in [1.29, 1.82) is 0 Å². The Bertz CT molecular complexity index is 1200. The van der Waals surface area contributed by atoms with E-state index in [9.17, 15) is 9.59 Å². The third-order valence-electron chi connectivity index (χ3n) is 5.30. The van der Waals surface area contributed by atoms with Gasteiger partial charge >= 0.3 is 6.03 Å². The maximum Gasteiger partial charge on any atom is 0.319 e. The van der Waals surface area contributed by atoms with Crippen molar-refractivity contribution < 1.29 is 19.1 Å². The van der Waals surface area contributed by atoms with Gasteiger partial charge in [-0.05, 0) is 35.4 Å². The molecule has 3 aromatic rings. The predicted molar refractivity (Wildman–Crippen MR) is 119 cm³/mol. The van der Waals surface area contributed by atoms with Crippen LogP contribution in [0.1, 0.15) is 18.5 Å². The maximum absolute atomic E-state index is 13.4. The molecule has 3 N–H and O–H groups in total. The number of ether oxygens (including phenoxy) is 2. The van der Waals surface area contributed by atoms with Gasteiger partial charge in [0.2, 0.25) is 0 Å². The Morgan fingerprint density at radius 1 is 1.00 bits per heavy atom. The number of benzene rings is 3. The van der Waals surface area contributed by atoms with Crippen LogP contribution in [0.5, 0.6) is 11.5 Å². The van der Waals surface area contributed by atoms with Gasteiger partial charge in [-0.1, -0.05) is 42.5 Å². The minimum absolute atomic E-state index is 0.352. The first kappa shape index (κ1) is 20.3. The molecule has 3 aromatic carbocycles. The van der Waals surface area contributed by atoms with E-state index < -0.39 is 6.04 Å². The lowest BCUT2D eigenvalue weighted by Gasteiger charge is -2.29. The molecule has 1 atom stereocenters. The Balaban J connectivity index is 1.77. The molecule has 0 fully saturated rings. The second-order valence-electron chi connectivity index (χ2n) is 7.16. The zero-order valence-electron chi connectivity index (χ0n) is 17.5. The van der Waals surface area contributed by atoms with E-state index in [1.165, 1.54) is 7.11 Å². The molecule has 7 heteroatoms. The number of allylic oxidation sites excluding steroid dienone is 1. The van der Waals surface area contributed by atoms with Crippen molar-refractivity contribution in [2.24, 2.45) is 0 Å². The monoisotopic (exact) mass is 417 g/mol. The van der Waals surface area contributed by atoms with Crippen molar-refractivity contribution in [3.63, 3.8) is 0 Å². The van der Waals surface area contributed by atoms with Gasteiger partial charge in [-0.25, -0.2) is 4.79 Å². The van der Waals surface area contributed by atoms with E-state index in [2.05, 4.69) is 16.0 Å². The third kappa shape index (κ3) is 3.90. The van der Waals surface area contributed by atoms with Crippen LogP contribution in [0, 0.1) is 0 Å². The predicted octanol–water partition coefficient (Wildman–Crippen LogP) is 4.12. The molecule has 1 heterocycles. The van der Waals surface area contributed by atoms with Gasteiger partial charge in [-0.3, -0.25) is 4.79 Å². The van der Waals surface area contributed by atoms with Crippen molar-refractivity contribution in [3.8, 4) is 11.5 Å². The van der Waals surface area contributed by atoms with E-state index in [1.807, 2.05) is 42.5 Å². The van der Waals surface area contributed by atoms with Gasteiger partial charge in [0.25, 0.3) is 5.91 Å². The Kier molecular flexibility index (Phi) is 5.49. The number of anilines is 1. The number of hydrogen-bond donors (Lipinski definition) is 3. The summed E-state index contributed by atoms with van der Waals surface area (Å²) in [5, 5.41) is 10.5. The molecule has 7 nitrogen and oxygen atoms in total. The van der Waals surface area contributed by atoms with Crippen LogP contribution >= 0.6 is 0 Å². The van der Waals surface area contributed by atoms with Crippen LogP contribution in [0.25, 0.3) is 10.8 Å². The van der Waals surface area contributed by atoms with E-state index in [1.54, 1.807) is 32.2 Å². The summed E-state index contributed by atoms with van der Waals surface area (Å²) in [6.07, 6.45) is 0. The molecule has 1 aliphatic heterocycles. The molecule has 0 aromatic heterocycles. The highest BCUT2D eigenvalue weighted by atomic mass is 16.5. The first-order valence-corrected chi connectivity index (χ1v) is 9.81. The van der Waals surface area contributed by atoms with Crippen LogP contribution in [0.4, 0.5) is 10.5 Å². The largest absolute Gasteiger partial charge is 0.497 e. The number of nitrogens with one attached hydrogen (secondary N) is 3. The van der Waals surface area contributed by atoms with Gasteiger partial charge in [0, 0.05) is 11.8 Å². The second-order valence-corrected chi connectivity index (χ2v) is 7.16. The number of methoxy groups -OCH3 is 2. The molecular weight excluding hydrogens is 394 g/mol. The average Bonchev–Trinajstić information content (AvgIpc) is 2.78. The van der Waals surface area contributed by atoms with Crippen LogP contribution in [-0.4, -0.2) is 26.2 Å². The zero-order valence-corrected chi connectivity index (χ0v) is 17.5. The molecule has 0 saturated heterocycles. The lowest BCUT2D eigenvalue weighted by molar-refractivity contribution is -0.113. The number of urea groups is 1. The van der Waals surface area contributed by atoms with Crippen LogP contribution < -0.4 is 25.4 Å². The van der Waals surface area contributed by atoms with Gasteiger partial charge in [0.1, 0.15) is 11.5 Å². The highest BCUT2D eigenvalue weighted by molar-refractivity contribution is 6.08. The minimum atomic E-state index is -0.614. The van der Waals surface area contributed by atoms with Crippen molar-refractivity contribution in [3.05, 3.63) is 77.5 Å². The minimum Gasteiger partial charge on any atom is -0.497 e. The Hall–Kier alpha value is -4.00. The molecule has 158 valence electrons. The number of fused-ring (bicyclic) bond motifs is 1. The van der Waals surface area contributed by atoms with Crippen molar-refractivity contribution in [2.75, 3.05) is 19.5 Å². The molecule has 0 saturated carbocycles. The van der Waals surface area contributed by atoms with Crippen LogP contribution in [-0.2, 0) is 4.79 Å². The zero-order chi connectivity index (χ0) is 22.0. The highest BCUT2D eigenvalue weighted by Crippen LogP contribution is 2.34. The van der Waals surface area contributed by atoms with Crippen molar-refractivity contribution in [2.45, 2.75) is 13.0 Å². The van der Waals surface area contributed by atoms with Crippen LogP contribution in [0.2, 0.25) is 0 Å². The Labute approximate surface area is 180 Å². The highest BCUT2D eigenvalue weighted by Gasteiger charge is 2.32. The molecule has 1 aliphatic rings. The van der Waals surface area contributed by atoms with E-state index in [0.29, 0.717) is 28.5 Å².